The summed E-state index contributed by atoms with van der Waals surface area (Å²) in [6, 6.07) is 7.67. The highest BCUT2D eigenvalue weighted by atomic mass is 16.5. The van der Waals surface area contributed by atoms with Gasteiger partial charge in [-0.25, -0.2) is 0 Å². The monoisotopic (exact) mass is 280 g/mol. The molecule has 0 N–H and O–H groups in total. The lowest BCUT2D eigenvalue weighted by atomic mass is 10.0. The summed E-state index contributed by atoms with van der Waals surface area (Å²) < 4.78 is 15.6. The Labute approximate surface area is 121 Å². The summed E-state index contributed by atoms with van der Waals surface area (Å²) in [7, 11) is 1.63. The highest BCUT2D eigenvalue weighted by Gasteiger charge is 2.15. The lowest BCUT2D eigenvalue weighted by Crippen LogP contribution is -2.23. The van der Waals surface area contributed by atoms with Crippen LogP contribution >= 0.6 is 0 Å². The molecule has 20 heavy (non-hydrogen) atoms. The second kappa shape index (κ2) is 9.64. The van der Waals surface area contributed by atoms with Gasteiger partial charge >= 0.3 is 0 Å². The van der Waals surface area contributed by atoms with Crippen LogP contribution in [0.5, 0.6) is 0 Å². The zero-order chi connectivity index (χ0) is 14.8. The Balaban J connectivity index is 2.31. The number of carbonyl (C=O) groups is 1. The first kappa shape index (κ1) is 16.8. The summed E-state index contributed by atoms with van der Waals surface area (Å²) in [6.07, 6.45) is 0.521. The van der Waals surface area contributed by atoms with Crippen LogP contribution in [0.2, 0.25) is 0 Å². The van der Waals surface area contributed by atoms with Crippen molar-refractivity contribution >= 4 is 5.78 Å². The van der Waals surface area contributed by atoms with Gasteiger partial charge in [0.05, 0.1) is 26.4 Å². The molecular formula is C16H24O4. The molecule has 0 amide bonds. The second-order valence-electron chi connectivity index (χ2n) is 4.53. The Kier molecular flexibility index (Phi) is 8.11. The molecule has 1 unspecified atom stereocenters. The topological polar surface area (TPSA) is 44.8 Å². The smallest absolute Gasteiger partial charge is 0.191 e. The number of aryl methyl sites for hydroxylation is 1. The molecule has 0 aliphatic rings. The van der Waals surface area contributed by atoms with Crippen molar-refractivity contribution in [3.05, 3.63) is 35.4 Å². The third-order valence-corrected chi connectivity index (χ3v) is 3.04. The van der Waals surface area contributed by atoms with Crippen LogP contribution in [0.15, 0.2) is 24.3 Å². The predicted molar refractivity (Wildman–Crippen MR) is 78.3 cm³/mol. The van der Waals surface area contributed by atoms with E-state index in [1.165, 1.54) is 5.56 Å². The largest absolute Gasteiger partial charge is 0.382 e. The molecule has 1 aromatic rings. The molecular weight excluding hydrogens is 256 g/mol. The van der Waals surface area contributed by atoms with E-state index in [9.17, 15) is 4.79 Å². The van der Waals surface area contributed by atoms with Crippen molar-refractivity contribution in [2.24, 2.45) is 0 Å². The van der Waals surface area contributed by atoms with Gasteiger partial charge in [0, 0.05) is 12.7 Å². The van der Waals surface area contributed by atoms with Crippen LogP contribution < -0.4 is 0 Å². The fraction of sp³-hybridized carbons (Fsp3) is 0.562. The standard InChI is InChI=1S/C16H24O4/c1-4-14-5-7-15(8-6-14)16(17)13(2)20-12-11-19-10-9-18-3/h5-8,13H,4,9-12H2,1-3H3. The van der Waals surface area contributed by atoms with E-state index < -0.39 is 6.10 Å². The van der Waals surface area contributed by atoms with Crippen LogP contribution in [0.25, 0.3) is 0 Å². The molecule has 1 rings (SSSR count). The third-order valence-electron chi connectivity index (χ3n) is 3.04. The molecule has 1 aromatic carbocycles. The van der Waals surface area contributed by atoms with Gasteiger partial charge in [-0.2, -0.15) is 0 Å². The molecule has 1 atom stereocenters. The Hall–Kier alpha value is -1.23. The molecule has 0 saturated heterocycles. The fourth-order valence-electron chi connectivity index (χ4n) is 1.74. The molecule has 0 aromatic heterocycles. The lowest BCUT2D eigenvalue weighted by Gasteiger charge is -2.12. The SMILES string of the molecule is CCc1ccc(C(=O)C(C)OCCOCCOC)cc1. The molecule has 0 spiro atoms. The predicted octanol–water partition coefficient (Wildman–Crippen LogP) is 2.50. The first-order chi connectivity index (χ1) is 9.69. The van der Waals surface area contributed by atoms with E-state index in [-0.39, 0.29) is 5.78 Å². The van der Waals surface area contributed by atoms with E-state index in [2.05, 4.69) is 6.92 Å². The first-order valence-electron chi connectivity index (χ1n) is 7.00. The number of hydrogen-bond donors (Lipinski definition) is 0. The van der Waals surface area contributed by atoms with Gasteiger partial charge in [-0.3, -0.25) is 4.79 Å². The number of Topliss-reactive ketones (excluding diaryl/α,β-unsaturated/α-hetero) is 1. The van der Waals surface area contributed by atoms with Crippen LogP contribution in [0.3, 0.4) is 0 Å². The van der Waals surface area contributed by atoms with Crippen LogP contribution in [0.4, 0.5) is 0 Å². The van der Waals surface area contributed by atoms with Crippen molar-refractivity contribution in [2.45, 2.75) is 26.4 Å². The van der Waals surface area contributed by atoms with Gasteiger partial charge in [0.1, 0.15) is 6.10 Å². The minimum atomic E-state index is -0.450. The van der Waals surface area contributed by atoms with E-state index in [4.69, 9.17) is 14.2 Å². The number of ether oxygens (including phenoxy) is 3. The van der Waals surface area contributed by atoms with Crippen molar-refractivity contribution in [3.63, 3.8) is 0 Å². The molecule has 0 heterocycles. The minimum absolute atomic E-state index is 0.00421. The number of benzene rings is 1. The summed E-state index contributed by atoms with van der Waals surface area (Å²) >= 11 is 0. The van der Waals surface area contributed by atoms with Crippen LogP contribution in [0.1, 0.15) is 29.8 Å². The number of carbonyl (C=O) groups excluding carboxylic acids is 1. The minimum Gasteiger partial charge on any atom is -0.382 e. The molecule has 0 aliphatic heterocycles. The molecule has 0 saturated carbocycles. The van der Waals surface area contributed by atoms with Gasteiger partial charge < -0.3 is 14.2 Å². The van der Waals surface area contributed by atoms with Crippen molar-refractivity contribution < 1.29 is 19.0 Å². The van der Waals surface area contributed by atoms with Crippen LogP contribution in [-0.4, -0.2) is 45.4 Å². The summed E-state index contributed by atoms with van der Waals surface area (Å²) in [5.74, 6) is 0.00421. The fourth-order valence-corrected chi connectivity index (χ4v) is 1.74. The Morgan fingerprint density at radius 2 is 1.75 bits per heavy atom. The Morgan fingerprint density at radius 1 is 1.10 bits per heavy atom. The summed E-state index contributed by atoms with van der Waals surface area (Å²) in [5.41, 5.74) is 1.91. The van der Waals surface area contributed by atoms with Gasteiger partial charge in [0.25, 0.3) is 0 Å². The van der Waals surface area contributed by atoms with Crippen molar-refractivity contribution in [3.8, 4) is 0 Å². The number of rotatable bonds is 10. The first-order valence-corrected chi connectivity index (χ1v) is 7.00. The Bertz CT molecular complexity index is 386. The van der Waals surface area contributed by atoms with E-state index in [0.29, 0.717) is 32.0 Å². The normalized spacial score (nSPS) is 12.3. The van der Waals surface area contributed by atoms with Crippen molar-refractivity contribution in [1.29, 1.82) is 0 Å². The number of hydrogen-bond acceptors (Lipinski definition) is 4. The second-order valence-corrected chi connectivity index (χ2v) is 4.53. The highest BCUT2D eigenvalue weighted by Crippen LogP contribution is 2.09. The maximum Gasteiger partial charge on any atom is 0.191 e. The molecule has 112 valence electrons. The van der Waals surface area contributed by atoms with Crippen molar-refractivity contribution in [2.75, 3.05) is 33.5 Å². The molecule has 4 heteroatoms. The number of ketones is 1. The van der Waals surface area contributed by atoms with Gasteiger partial charge in [0.2, 0.25) is 0 Å². The maximum atomic E-state index is 12.1. The van der Waals surface area contributed by atoms with E-state index >= 15 is 0 Å². The molecule has 0 aliphatic carbocycles. The Morgan fingerprint density at radius 3 is 2.35 bits per heavy atom. The van der Waals surface area contributed by atoms with Crippen molar-refractivity contribution in [1.82, 2.24) is 0 Å². The average molecular weight is 280 g/mol. The maximum absolute atomic E-state index is 12.1. The van der Waals surface area contributed by atoms with Crippen LogP contribution in [-0.2, 0) is 20.6 Å². The molecule has 0 bridgehead atoms. The van der Waals surface area contributed by atoms with Crippen LogP contribution in [0, 0.1) is 0 Å². The quantitative estimate of drug-likeness (QED) is 0.488. The summed E-state index contributed by atoms with van der Waals surface area (Å²) in [4.78, 5) is 12.1. The average Bonchev–Trinajstić information content (AvgIpc) is 2.50. The number of methoxy groups -OCH3 is 1. The van der Waals surface area contributed by atoms with Gasteiger partial charge in [-0.1, -0.05) is 31.2 Å². The lowest BCUT2D eigenvalue weighted by molar-refractivity contribution is 0.00355. The van der Waals surface area contributed by atoms with Gasteiger partial charge in [-0.05, 0) is 18.9 Å². The van der Waals surface area contributed by atoms with Gasteiger partial charge in [0.15, 0.2) is 5.78 Å². The summed E-state index contributed by atoms with van der Waals surface area (Å²) in [6.45, 7) is 5.84. The molecule has 4 nitrogen and oxygen atoms in total. The third kappa shape index (κ3) is 5.82. The van der Waals surface area contributed by atoms with E-state index in [0.717, 1.165) is 6.42 Å². The zero-order valence-corrected chi connectivity index (χ0v) is 12.6. The zero-order valence-electron chi connectivity index (χ0n) is 12.6. The van der Waals surface area contributed by atoms with Gasteiger partial charge in [-0.15, -0.1) is 0 Å². The molecule has 0 fully saturated rings. The highest BCUT2D eigenvalue weighted by molar-refractivity contribution is 5.99. The summed E-state index contributed by atoms with van der Waals surface area (Å²) in [5, 5.41) is 0. The van der Waals surface area contributed by atoms with E-state index in [1.54, 1.807) is 14.0 Å². The molecule has 0 radical (unpaired) electrons. The van der Waals surface area contributed by atoms with E-state index in [1.807, 2.05) is 24.3 Å².